The Bertz CT molecular complexity index is 1310. The molecule has 9 heteroatoms. The molecule has 0 atom stereocenters. The molecule has 1 aromatic carbocycles. The van der Waals surface area contributed by atoms with Gasteiger partial charge in [-0.1, -0.05) is 63.9 Å². The van der Waals surface area contributed by atoms with Gasteiger partial charge in [0.1, 0.15) is 11.5 Å². The molecule has 1 saturated carbocycles. The number of rotatable bonds is 8. The van der Waals surface area contributed by atoms with E-state index in [1.165, 1.54) is 85.5 Å². The summed E-state index contributed by atoms with van der Waals surface area (Å²) in [7, 11) is -3.67. The van der Waals surface area contributed by atoms with Gasteiger partial charge in [-0.15, -0.1) is 0 Å². The normalized spacial score (nSPS) is 20.7. The van der Waals surface area contributed by atoms with Crippen LogP contribution in [0.1, 0.15) is 117 Å². The zero-order chi connectivity index (χ0) is 29.6. The van der Waals surface area contributed by atoms with Gasteiger partial charge in [0.05, 0.1) is 4.90 Å². The third-order valence-corrected chi connectivity index (χ3v) is 11.8. The predicted octanol–water partition coefficient (Wildman–Crippen LogP) is 6.33. The molecular weight excluding hydrogens is 551 g/mol. The van der Waals surface area contributed by atoms with Crippen LogP contribution in [0.4, 0.5) is 4.39 Å². The van der Waals surface area contributed by atoms with Gasteiger partial charge in [-0.05, 0) is 74.3 Å². The second-order valence-corrected chi connectivity index (χ2v) is 14.9. The Balaban J connectivity index is 1.06. The first-order valence-electron chi connectivity index (χ1n) is 16.3. The summed E-state index contributed by atoms with van der Waals surface area (Å²) in [6.45, 7) is 5.01. The highest BCUT2D eigenvalue weighted by Gasteiger charge is 2.38. The molecule has 3 heterocycles. The third kappa shape index (κ3) is 7.28. The van der Waals surface area contributed by atoms with E-state index in [-0.39, 0.29) is 16.2 Å². The number of fused-ring (bicyclic) bond motifs is 2. The molecule has 3 aliphatic rings. The highest BCUT2D eigenvalue weighted by molar-refractivity contribution is 7.89. The Morgan fingerprint density at radius 3 is 2.40 bits per heavy atom. The maximum atomic E-state index is 14.0. The topological polar surface area (TPSA) is 94.3 Å². The quantitative estimate of drug-likeness (QED) is 0.309. The lowest BCUT2D eigenvalue weighted by atomic mass is 9.72. The Morgan fingerprint density at radius 1 is 1.02 bits per heavy atom. The van der Waals surface area contributed by atoms with Crippen molar-refractivity contribution in [2.45, 2.75) is 114 Å². The highest BCUT2D eigenvalue weighted by Crippen LogP contribution is 2.40. The number of carbonyl (C=O) groups excluding carboxylic acids is 1. The first kappa shape index (κ1) is 31.2. The number of aryl methyl sites for hydroxylation is 1. The molecular formula is C33H49FN4O3S. The number of piperidine rings is 1. The molecule has 2 aliphatic heterocycles. The van der Waals surface area contributed by atoms with Crippen LogP contribution in [-0.4, -0.2) is 49.8 Å². The van der Waals surface area contributed by atoms with Crippen molar-refractivity contribution < 1.29 is 17.6 Å². The van der Waals surface area contributed by atoms with Crippen LogP contribution in [-0.2, 0) is 22.0 Å². The molecule has 42 heavy (non-hydrogen) atoms. The molecule has 1 amide bonds. The van der Waals surface area contributed by atoms with Crippen molar-refractivity contribution in [2.75, 3.05) is 26.2 Å². The Labute approximate surface area is 251 Å². The van der Waals surface area contributed by atoms with Gasteiger partial charge >= 0.3 is 0 Å². The maximum absolute atomic E-state index is 14.0. The number of nitrogens with one attached hydrogen (secondary N) is 3. The summed E-state index contributed by atoms with van der Waals surface area (Å²) < 4.78 is 41.4. The number of sulfonamides is 1. The van der Waals surface area contributed by atoms with Gasteiger partial charge in [0, 0.05) is 43.8 Å². The number of hydrogen-bond donors (Lipinski definition) is 3. The lowest BCUT2D eigenvalue weighted by molar-refractivity contribution is 0.0948. The second kappa shape index (κ2) is 14.0. The van der Waals surface area contributed by atoms with E-state index in [1.54, 1.807) is 6.92 Å². The van der Waals surface area contributed by atoms with Gasteiger partial charge in [-0.3, -0.25) is 4.79 Å². The number of H-pyrrole nitrogens is 1. The predicted molar refractivity (Wildman–Crippen MR) is 165 cm³/mol. The standard InChI is InChI=1S/C33H49FN4O3S/c1-25-12-13-28(22-29(25)34)42(40,41)38-19-14-26(15-20-38)11-7-10-18-36-32(39)30-21-27-23-35-24-33(31(27)37-30)16-8-5-3-2-4-6-9-17-33/h12-13,21-22,26,35,37H,2-11,14-20,23-24H2,1H3,(H,36,39). The fraction of sp³-hybridized carbons (Fsp3) is 0.667. The van der Waals surface area contributed by atoms with Crippen LogP contribution in [0.2, 0.25) is 0 Å². The van der Waals surface area contributed by atoms with E-state index in [2.05, 4.69) is 21.7 Å². The number of benzene rings is 1. The van der Waals surface area contributed by atoms with Crippen LogP contribution < -0.4 is 10.6 Å². The Kier molecular flexibility index (Phi) is 10.4. The number of carbonyl (C=O) groups is 1. The number of aromatic amines is 1. The van der Waals surface area contributed by atoms with E-state index in [4.69, 9.17) is 0 Å². The van der Waals surface area contributed by atoms with Gasteiger partial charge in [0.15, 0.2) is 0 Å². The van der Waals surface area contributed by atoms with Gasteiger partial charge < -0.3 is 15.6 Å². The lowest BCUT2D eigenvalue weighted by Crippen LogP contribution is -2.43. The molecule has 5 rings (SSSR count). The van der Waals surface area contributed by atoms with Gasteiger partial charge in [-0.2, -0.15) is 4.31 Å². The molecule has 1 aliphatic carbocycles. The summed E-state index contributed by atoms with van der Waals surface area (Å²) >= 11 is 0. The van der Waals surface area contributed by atoms with Crippen molar-refractivity contribution >= 4 is 15.9 Å². The average Bonchev–Trinajstić information content (AvgIpc) is 3.44. The third-order valence-electron chi connectivity index (χ3n) is 9.94. The van der Waals surface area contributed by atoms with Crippen LogP contribution in [0.5, 0.6) is 0 Å². The number of nitrogens with zero attached hydrogens (tertiary/aromatic N) is 1. The fourth-order valence-electron chi connectivity index (χ4n) is 7.30. The largest absolute Gasteiger partial charge is 0.354 e. The summed E-state index contributed by atoms with van der Waals surface area (Å²) in [4.78, 5) is 16.7. The van der Waals surface area contributed by atoms with E-state index < -0.39 is 15.8 Å². The summed E-state index contributed by atoms with van der Waals surface area (Å²) in [5.41, 5.74) is 3.80. The molecule has 2 fully saturated rings. The van der Waals surface area contributed by atoms with E-state index in [1.807, 2.05) is 0 Å². The Hall–Kier alpha value is -2.23. The van der Waals surface area contributed by atoms with E-state index in [9.17, 15) is 17.6 Å². The van der Waals surface area contributed by atoms with E-state index in [0.717, 1.165) is 51.3 Å². The zero-order valence-electron chi connectivity index (χ0n) is 25.3. The maximum Gasteiger partial charge on any atom is 0.267 e. The minimum absolute atomic E-state index is 0.0227. The number of halogens is 1. The SMILES string of the molecule is Cc1ccc(S(=O)(=O)N2CCC(CCCCNC(=O)c3cc4c([nH]3)C3(CCCCCCCCC3)CNC4)CC2)cc1F. The number of hydrogen-bond acceptors (Lipinski definition) is 4. The minimum Gasteiger partial charge on any atom is -0.354 e. The zero-order valence-corrected chi connectivity index (χ0v) is 26.1. The van der Waals surface area contributed by atoms with Crippen LogP contribution >= 0.6 is 0 Å². The summed E-state index contributed by atoms with van der Waals surface area (Å²) in [5, 5.41) is 6.77. The van der Waals surface area contributed by atoms with Gasteiger partial charge in [0.25, 0.3) is 5.91 Å². The first-order chi connectivity index (χ1) is 20.3. The van der Waals surface area contributed by atoms with Crippen molar-refractivity contribution in [3.8, 4) is 0 Å². The minimum atomic E-state index is -3.67. The van der Waals surface area contributed by atoms with Crippen LogP contribution in [0.3, 0.4) is 0 Å². The molecule has 0 unspecified atom stereocenters. The van der Waals surface area contributed by atoms with Crippen LogP contribution in [0, 0.1) is 18.7 Å². The summed E-state index contributed by atoms with van der Waals surface area (Å²) in [6.07, 6.45) is 16.1. The average molecular weight is 601 g/mol. The van der Waals surface area contributed by atoms with Gasteiger partial charge in [0.2, 0.25) is 10.0 Å². The molecule has 0 radical (unpaired) electrons. The molecule has 2 aromatic rings. The van der Waals surface area contributed by atoms with E-state index >= 15 is 0 Å². The molecule has 7 nitrogen and oxygen atoms in total. The molecule has 1 spiro atoms. The molecule has 1 aromatic heterocycles. The van der Waals surface area contributed by atoms with Gasteiger partial charge in [-0.25, -0.2) is 12.8 Å². The lowest BCUT2D eigenvalue weighted by Gasteiger charge is -2.38. The summed E-state index contributed by atoms with van der Waals surface area (Å²) in [6, 6.07) is 6.20. The number of amides is 1. The molecule has 0 bridgehead atoms. The molecule has 3 N–H and O–H groups in total. The number of unbranched alkanes of at least 4 members (excludes halogenated alkanes) is 1. The Morgan fingerprint density at radius 2 is 1.71 bits per heavy atom. The van der Waals surface area contributed by atoms with Crippen molar-refractivity contribution in [3.05, 3.63) is 52.6 Å². The van der Waals surface area contributed by atoms with Crippen molar-refractivity contribution in [3.63, 3.8) is 0 Å². The van der Waals surface area contributed by atoms with E-state index in [0.29, 0.717) is 36.8 Å². The first-order valence-corrected chi connectivity index (χ1v) is 17.7. The smallest absolute Gasteiger partial charge is 0.267 e. The fourth-order valence-corrected chi connectivity index (χ4v) is 8.78. The number of aromatic nitrogens is 1. The summed E-state index contributed by atoms with van der Waals surface area (Å²) in [5.74, 6) is -0.0426. The van der Waals surface area contributed by atoms with Crippen molar-refractivity contribution in [1.29, 1.82) is 0 Å². The highest BCUT2D eigenvalue weighted by atomic mass is 32.2. The van der Waals surface area contributed by atoms with Crippen molar-refractivity contribution in [1.82, 2.24) is 19.9 Å². The van der Waals surface area contributed by atoms with Crippen LogP contribution in [0.25, 0.3) is 0 Å². The second-order valence-electron chi connectivity index (χ2n) is 13.0. The monoisotopic (exact) mass is 600 g/mol. The molecule has 232 valence electrons. The molecule has 1 saturated heterocycles. The van der Waals surface area contributed by atoms with Crippen LogP contribution in [0.15, 0.2) is 29.2 Å². The van der Waals surface area contributed by atoms with Crippen molar-refractivity contribution in [2.24, 2.45) is 5.92 Å².